The van der Waals surface area contributed by atoms with Crippen LogP contribution in [0.1, 0.15) is 5.69 Å². The van der Waals surface area contributed by atoms with Gasteiger partial charge in [-0.1, -0.05) is 11.6 Å². The second kappa shape index (κ2) is 5.12. The molecular weight excluding hydrogens is 300 g/mol. The molecule has 2 rings (SSSR count). The van der Waals surface area contributed by atoms with Crippen molar-refractivity contribution in [3.63, 3.8) is 0 Å². The Morgan fingerprint density at radius 1 is 1.10 bits per heavy atom. The summed E-state index contributed by atoms with van der Waals surface area (Å²) in [7, 11) is 0. The first kappa shape index (κ1) is 14.3. The van der Waals surface area contributed by atoms with Crippen LogP contribution in [-0.2, 0) is 6.18 Å². The number of benzene rings is 1. The number of hydrogen-bond acceptors (Lipinski definition) is 4. The first-order valence-electron chi connectivity index (χ1n) is 5.19. The SMILES string of the molecule is Nc1nc(Nc2cc(F)cc(Cl)c2)cc(C(F)(F)F)n1. The number of alkyl halides is 3. The van der Waals surface area contributed by atoms with E-state index in [0.717, 1.165) is 12.1 Å². The van der Waals surface area contributed by atoms with Gasteiger partial charge in [0.1, 0.15) is 11.6 Å². The molecule has 20 heavy (non-hydrogen) atoms. The van der Waals surface area contributed by atoms with Gasteiger partial charge in [-0.25, -0.2) is 9.37 Å². The zero-order chi connectivity index (χ0) is 14.9. The highest BCUT2D eigenvalue weighted by Crippen LogP contribution is 2.30. The predicted molar refractivity (Wildman–Crippen MR) is 66.1 cm³/mol. The summed E-state index contributed by atoms with van der Waals surface area (Å²) in [6, 6.07) is 4.10. The number of nitrogen functional groups attached to an aromatic ring is 1. The summed E-state index contributed by atoms with van der Waals surface area (Å²) in [4.78, 5) is 6.68. The van der Waals surface area contributed by atoms with E-state index in [2.05, 4.69) is 15.3 Å². The molecule has 1 aromatic carbocycles. The van der Waals surface area contributed by atoms with Crippen molar-refractivity contribution in [2.45, 2.75) is 6.18 Å². The summed E-state index contributed by atoms with van der Waals surface area (Å²) < 4.78 is 50.8. The second-order valence-corrected chi connectivity index (χ2v) is 4.21. The summed E-state index contributed by atoms with van der Waals surface area (Å²) in [6.45, 7) is 0. The van der Waals surface area contributed by atoms with Crippen LogP contribution >= 0.6 is 11.6 Å². The van der Waals surface area contributed by atoms with Crippen molar-refractivity contribution in [1.29, 1.82) is 0 Å². The number of aromatic nitrogens is 2. The van der Waals surface area contributed by atoms with Crippen molar-refractivity contribution < 1.29 is 17.6 Å². The maximum absolute atomic E-state index is 13.1. The molecule has 0 saturated carbocycles. The Morgan fingerprint density at radius 2 is 1.80 bits per heavy atom. The number of nitrogens with two attached hydrogens (primary N) is 1. The fraction of sp³-hybridized carbons (Fsp3) is 0.0909. The van der Waals surface area contributed by atoms with Gasteiger partial charge in [-0.2, -0.15) is 18.2 Å². The zero-order valence-corrected chi connectivity index (χ0v) is 10.4. The number of nitrogens with one attached hydrogen (secondary N) is 1. The zero-order valence-electron chi connectivity index (χ0n) is 9.67. The van der Waals surface area contributed by atoms with Gasteiger partial charge in [-0.3, -0.25) is 0 Å². The van der Waals surface area contributed by atoms with E-state index in [1.807, 2.05) is 0 Å². The third kappa shape index (κ3) is 3.47. The number of hydrogen-bond donors (Lipinski definition) is 2. The lowest BCUT2D eigenvalue weighted by Crippen LogP contribution is -2.12. The van der Waals surface area contributed by atoms with Crippen LogP contribution in [-0.4, -0.2) is 9.97 Å². The van der Waals surface area contributed by atoms with Crippen LogP contribution in [0, 0.1) is 5.82 Å². The van der Waals surface area contributed by atoms with Gasteiger partial charge in [-0.05, 0) is 18.2 Å². The molecule has 0 bridgehead atoms. The number of nitrogens with zero attached hydrogens (tertiary/aromatic N) is 2. The minimum absolute atomic E-state index is 0.0885. The Labute approximate surface area is 115 Å². The summed E-state index contributed by atoms with van der Waals surface area (Å²) in [5.41, 5.74) is 4.15. The fourth-order valence-corrected chi connectivity index (χ4v) is 1.67. The molecule has 1 aromatic heterocycles. The Bertz CT molecular complexity index is 625. The molecule has 1 heterocycles. The van der Waals surface area contributed by atoms with Crippen molar-refractivity contribution in [3.8, 4) is 0 Å². The Balaban J connectivity index is 2.36. The topological polar surface area (TPSA) is 63.8 Å². The average Bonchev–Trinajstić information content (AvgIpc) is 2.25. The largest absolute Gasteiger partial charge is 0.433 e. The number of halogens is 5. The van der Waals surface area contributed by atoms with Crippen LogP contribution in [0.4, 0.5) is 35.0 Å². The maximum Gasteiger partial charge on any atom is 0.433 e. The summed E-state index contributed by atoms with van der Waals surface area (Å²) in [5.74, 6) is -1.41. The molecule has 106 valence electrons. The molecule has 0 unspecified atom stereocenters. The number of anilines is 3. The normalized spacial score (nSPS) is 11.4. The van der Waals surface area contributed by atoms with Crippen molar-refractivity contribution in [2.24, 2.45) is 0 Å². The predicted octanol–water partition coefficient (Wildman–Crippen LogP) is 3.61. The van der Waals surface area contributed by atoms with E-state index in [9.17, 15) is 17.6 Å². The van der Waals surface area contributed by atoms with E-state index in [-0.39, 0.29) is 16.5 Å². The van der Waals surface area contributed by atoms with Gasteiger partial charge < -0.3 is 11.1 Å². The van der Waals surface area contributed by atoms with Crippen LogP contribution < -0.4 is 11.1 Å². The molecule has 0 saturated heterocycles. The Morgan fingerprint density at radius 3 is 2.40 bits per heavy atom. The van der Waals surface area contributed by atoms with Gasteiger partial charge in [0.15, 0.2) is 5.69 Å². The van der Waals surface area contributed by atoms with E-state index in [0.29, 0.717) is 6.07 Å². The van der Waals surface area contributed by atoms with Crippen LogP contribution in [0.5, 0.6) is 0 Å². The molecule has 3 N–H and O–H groups in total. The highest BCUT2D eigenvalue weighted by molar-refractivity contribution is 6.30. The highest BCUT2D eigenvalue weighted by atomic mass is 35.5. The first-order valence-corrected chi connectivity index (χ1v) is 5.57. The van der Waals surface area contributed by atoms with Gasteiger partial charge in [0.05, 0.1) is 0 Å². The Kier molecular flexibility index (Phi) is 3.67. The molecule has 0 aliphatic carbocycles. The van der Waals surface area contributed by atoms with Crippen LogP contribution in [0.15, 0.2) is 24.3 Å². The van der Waals surface area contributed by atoms with Gasteiger partial charge >= 0.3 is 6.18 Å². The van der Waals surface area contributed by atoms with Crippen molar-refractivity contribution in [1.82, 2.24) is 9.97 Å². The smallest absolute Gasteiger partial charge is 0.368 e. The average molecular weight is 307 g/mol. The summed E-state index contributed by atoms with van der Waals surface area (Å²) in [5, 5.41) is 2.57. The third-order valence-electron chi connectivity index (χ3n) is 2.17. The Hall–Kier alpha value is -2.09. The number of rotatable bonds is 2. The van der Waals surface area contributed by atoms with Crippen LogP contribution in [0.3, 0.4) is 0 Å². The molecule has 0 spiro atoms. The summed E-state index contributed by atoms with van der Waals surface area (Å²) in [6.07, 6.45) is -4.66. The molecular formula is C11H7ClF4N4. The van der Waals surface area contributed by atoms with Gasteiger partial charge in [0.25, 0.3) is 0 Å². The third-order valence-corrected chi connectivity index (χ3v) is 2.39. The van der Waals surface area contributed by atoms with E-state index in [4.69, 9.17) is 17.3 Å². The lowest BCUT2D eigenvalue weighted by molar-refractivity contribution is -0.141. The van der Waals surface area contributed by atoms with E-state index in [1.165, 1.54) is 6.07 Å². The highest BCUT2D eigenvalue weighted by Gasteiger charge is 2.33. The van der Waals surface area contributed by atoms with Gasteiger partial charge in [0, 0.05) is 16.8 Å². The summed E-state index contributed by atoms with van der Waals surface area (Å²) >= 11 is 5.63. The molecule has 2 aromatic rings. The van der Waals surface area contributed by atoms with Gasteiger partial charge in [0.2, 0.25) is 5.95 Å². The van der Waals surface area contributed by atoms with E-state index in [1.54, 1.807) is 0 Å². The standard InChI is InChI=1S/C11H7ClF4N4/c12-5-1-6(13)3-7(2-5)18-9-4-8(11(14,15)16)19-10(17)20-9/h1-4H,(H3,17,18,19,20). The monoisotopic (exact) mass is 306 g/mol. The van der Waals surface area contributed by atoms with Crippen LogP contribution in [0.2, 0.25) is 5.02 Å². The molecule has 0 aliphatic heterocycles. The molecule has 4 nitrogen and oxygen atoms in total. The maximum atomic E-state index is 13.1. The molecule has 0 radical (unpaired) electrons. The second-order valence-electron chi connectivity index (χ2n) is 3.78. The van der Waals surface area contributed by atoms with E-state index >= 15 is 0 Å². The minimum Gasteiger partial charge on any atom is -0.368 e. The molecule has 0 atom stereocenters. The lowest BCUT2D eigenvalue weighted by atomic mass is 10.3. The lowest BCUT2D eigenvalue weighted by Gasteiger charge is -2.10. The minimum atomic E-state index is -4.66. The van der Waals surface area contributed by atoms with Gasteiger partial charge in [-0.15, -0.1) is 0 Å². The molecule has 0 fully saturated rings. The first-order chi connectivity index (χ1) is 9.24. The fourth-order valence-electron chi connectivity index (χ4n) is 1.45. The quantitative estimate of drug-likeness (QED) is 0.832. The molecule has 9 heteroatoms. The van der Waals surface area contributed by atoms with Crippen molar-refractivity contribution in [3.05, 3.63) is 40.8 Å². The van der Waals surface area contributed by atoms with E-state index < -0.39 is 23.6 Å². The van der Waals surface area contributed by atoms with Crippen molar-refractivity contribution in [2.75, 3.05) is 11.1 Å². The van der Waals surface area contributed by atoms with Crippen molar-refractivity contribution >= 4 is 29.1 Å². The molecule has 0 aliphatic rings. The van der Waals surface area contributed by atoms with Crippen LogP contribution in [0.25, 0.3) is 0 Å². The molecule has 0 amide bonds.